The minimum Gasteiger partial charge on any atom is -0.309 e. The van der Waals surface area contributed by atoms with E-state index >= 15 is 0 Å². The van der Waals surface area contributed by atoms with Crippen molar-refractivity contribution in [1.82, 2.24) is 4.98 Å². The van der Waals surface area contributed by atoms with Crippen LogP contribution in [0.1, 0.15) is 19.3 Å². The van der Waals surface area contributed by atoms with Crippen molar-refractivity contribution in [3.05, 3.63) is 24.4 Å². The van der Waals surface area contributed by atoms with Gasteiger partial charge in [-0.05, 0) is 31.4 Å². The summed E-state index contributed by atoms with van der Waals surface area (Å²) in [6.45, 7) is 0. The van der Waals surface area contributed by atoms with Crippen molar-refractivity contribution in [3.8, 4) is 6.07 Å². The molecule has 0 saturated heterocycles. The van der Waals surface area contributed by atoms with Gasteiger partial charge in [0.05, 0.1) is 6.07 Å². The minimum absolute atomic E-state index is 0.227. The average molecular weight is 201 g/mol. The zero-order valence-electron chi connectivity index (χ0n) is 8.23. The van der Waals surface area contributed by atoms with Gasteiger partial charge >= 0.3 is 0 Å². The maximum atomic E-state index is 11.8. The number of pyridine rings is 1. The van der Waals surface area contributed by atoms with Gasteiger partial charge in [0.15, 0.2) is 0 Å². The van der Waals surface area contributed by atoms with Crippen LogP contribution in [0.15, 0.2) is 24.4 Å². The summed E-state index contributed by atoms with van der Waals surface area (Å²) in [5, 5.41) is 11.6. The quantitative estimate of drug-likeness (QED) is 0.792. The Kier molecular flexibility index (Phi) is 2.38. The molecule has 1 aliphatic carbocycles. The van der Waals surface area contributed by atoms with Gasteiger partial charge in [0.1, 0.15) is 11.2 Å². The second kappa shape index (κ2) is 3.70. The van der Waals surface area contributed by atoms with Crippen LogP contribution < -0.4 is 5.32 Å². The van der Waals surface area contributed by atoms with E-state index in [2.05, 4.69) is 16.4 Å². The van der Waals surface area contributed by atoms with Gasteiger partial charge in [-0.15, -0.1) is 0 Å². The number of aromatic nitrogens is 1. The fourth-order valence-electron chi connectivity index (χ4n) is 1.59. The van der Waals surface area contributed by atoms with Crippen molar-refractivity contribution < 1.29 is 4.79 Å². The van der Waals surface area contributed by atoms with Crippen molar-refractivity contribution in [2.75, 3.05) is 5.32 Å². The third-order valence-electron chi connectivity index (χ3n) is 2.76. The van der Waals surface area contributed by atoms with Crippen LogP contribution in [0.2, 0.25) is 0 Å². The third kappa shape index (κ3) is 1.68. The van der Waals surface area contributed by atoms with Gasteiger partial charge < -0.3 is 5.32 Å². The Morgan fingerprint density at radius 2 is 2.33 bits per heavy atom. The summed E-state index contributed by atoms with van der Waals surface area (Å²) < 4.78 is 0. The number of nitriles is 1. The van der Waals surface area contributed by atoms with E-state index in [-0.39, 0.29) is 5.91 Å². The van der Waals surface area contributed by atoms with E-state index in [1.54, 1.807) is 24.4 Å². The van der Waals surface area contributed by atoms with E-state index in [9.17, 15) is 4.79 Å². The lowest BCUT2D eigenvalue weighted by Crippen LogP contribution is -2.40. The Labute approximate surface area is 87.9 Å². The smallest absolute Gasteiger partial charge is 0.246 e. The number of hydrogen-bond acceptors (Lipinski definition) is 3. The van der Waals surface area contributed by atoms with Crippen molar-refractivity contribution >= 4 is 11.7 Å². The van der Waals surface area contributed by atoms with Gasteiger partial charge in [-0.2, -0.15) is 5.26 Å². The number of nitrogens with zero attached hydrogens (tertiary/aromatic N) is 2. The summed E-state index contributed by atoms with van der Waals surface area (Å²) >= 11 is 0. The molecule has 0 radical (unpaired) electrons. The molecule has 0 spiro atoms. The highest BCUT2D eigenvalue weighted by Gasteiger charge is 2.44. The first kappa shape index (κ1) is 9.66. The monoisotopic (exact) mass is 201 g/mol. The maximum absolute atomic E-state index is 11.8. The maximum Gasteiger partial charge on any atom is 0.246 e. The highest BCUT2D eigenvalue weighted by atomic mass is 16.2. The van der Waals surface area contributed by atoms with Gasteiger partial charge in [0, 0.05) is 6.20 Å². The molecule has 15 heavy (non-hydrogen) atoms. The highest BCUT2D eigenvalue weighted by molar-refractivity contribution is 5.97. The summed E-state index contributed by atoms with van der Waals surface area (Å²) in [5.41, 5.74) is -0.808. The molecule has 2 rings (SSSR count). The molecule has 1 aliphatic rings. The van der Waals surface area contributed by atoms with Crippen molar-refractivity contribution in [2.24, 2.45) is 5.41 Å². The van der Waals surface area contributed by atoms with Crippen LogP contribution in [0.4, 0.5) is 5.82 Å². The molecule has 1 amide bonds. The second-order valence-corrected chi connectivity index (χ2v) is 3.72. The molecule has 0 aliphatic heterocycles. The molecule has 1 aromatic rings. The van der Waals surface area contributed by atoms with Crippen molar-refractivity contribution in [2.45, 2.75) is 19.3 Å². The number of hydrogen-bond donors (Lipinski definition) is 1. The van der Waals surface area contributed by atoms with Crippen LogP contribution >= 0.6 is 0 Å². The number of nitrogens with one attached hydrogen (secondary N) is 1. The summed E-state index contributed by atoms with van der Waals surface area (Å²) in [6, 6.07) is 7.38. The Morgan fingerprint density at radius 3 is 2.80 bits per heavy atom. The molecule has 0 aromatic carbocycles. The third-order valence-corrected chi connectivity index (χ3v) is 2.76. The van der Waals surface area contributed by atoms with Crippen LogP contribution in [0.3, 0.4) is 0 Å². The Hall–Kier alpha value is -1.89. The molecule has 1 aromatic heterocycles. The average Bonchev–Trinajstić information content (AvgIpc) is 2.18. The van der Waals surface area contributed by atoms with E-state index < -0.39 is 5.41 Å². The predicted octanol–water partition coefficient (Wildman–Crippen LogP) is 1.71. The van der Waals surface area contributed by atoms with Crippen molar-refractivity contribution in [3.63, 3.8) is 0 Å². The lowest BCUT2D eigenvalue weighted by atomic mass is 9.69. The van der Waals surface area contributed by atoms with Crippen LogP contribution in [-0.4, -0.2) is 10.9 Å². The SMILES string of the molecule is N#CC1(C(=O)Nc2ccccn2)CCC1. The van der Waals surface area contributed by atoms with Crippen LogP contribution in [0, 0.1) is 16.7 Å². The summed E-state index contributed by atoms with van der Waals surface area (Å²) in [4.78, 5) is 15.8. The van der Waals surface area contributed by atoms with Gasteiger partial charge in [0.25, 0.3) is 0 Å². The van der Waals surface area contributed by atoms with Crippen LogP contribution in [-0.2, 0) is 4.79 Å². The molecular weight excluding hydrogens is 190 g/mol. The van der Waals surface area contributed by atoms with E-state index in [1.165, 1.54) is 0 Å². The molecule has 0 atom stereocenters. The van der Waals surface area contributed by atoms with E-state index in [4.69, 9.17) is 5.26 Å². The Bertz CT molecular complexity index is 404. The van der Waals surface area contributed by atoms with Crippen LogP contribution in [0.5, 0.6) is 0 Å². The molecule has 76 valence electrons. The fourth-order valence-corrected chi connectivity index (χ4v) is 1.59. The Morgan fingerprint density at radius 1 is 1.53 bits per heavy atom. The summed E-state index contributed by atoms with van der Waals surface area (Å²) in [6.07, 6.45) is 3.86. The van der Waals surface area contributed by atoms with E-state index in [1.807, 2.05) is 0 Å². The first-order chi connectivity index (χ1) is 7.27. The fraction of sp³-hybridized carbons (Fsp3) is 0.364. The molecule has 1 heterocycles. The standard InChI is InChI=1S/C11H11N3O/c12-8-11(5-3-6-11)10(15)14-9-4-1-2-7-13-9/h1-2,4,7H,3,5-6H2,(H,13,14,15). The highest BCUT2D eigenvalue weighted by Crippen LogP contribution is 2.40. The second-order valence-electron chi connectivity index (χ2n) is 3.72. The van der Waals surface area contributed by atoms with E-state index in [0.717, 1.165) is 6.42 Å². The number of amides is 1. The molecule has 0 unspecified atom stereocenters. The molecule has 0 bridgehead atoms. The first-order valence-corrected chi connectivity index (χ1v) is 4.91. The van der Waals surface area contributed by atoms with Gasteiger partial charge in [-0.1, -0.05) is 6.07 Å². The summed E-state index contributed by atoms with van der Waals surface area (Å²) in [7, 11) is 0. The molecule has 4 nitrogen and oxygen atoms in total. The number of rotatable bonds is 2. The summed E-state index contributed by atoms with van der Waals surface area (Å²) in [5.74, 6) is 0.277. The number of anilines is 1. The van der Waals surface area contributed by atoms with Gasteiger partial charge in [-0.25, -0.2) is 4.98 Å². The first-order valence-electron chi connectivity index (χ1n) is 4.91. The molecule has 1 saturated carbocycles. The van der Waals surface area contributed by atoms with Gasteiger partial charge in [0.2, 0.25) is 5.91 Å². The topological polar surface area (TPSA) is 65.8 Å². The predicted molar refractivity (Wildman–Crippen MR) is 54.8 cm³/mol. The number of carbonyl (C=O) groups is 1. The van der Waals surface area contributed by atoms with Crippen molar-refractivity contribution in [1.29, 1.82) is 5.26 Å². The van der Waals surface area contributed by atoms with Crippen LogP contribution in [0.25, 0.3) is 0 Å². The molecule has 4 heteroatoms. The minimum atomic E-state index is -0.808. The largest absolute Gasteiger partial charge is 0.309 e. The molecule has 1 fully saturated rings. The zero-order valence-corrected chi connectivity index (χ0v) is 8.23. The lowest BCUT2D eigenvalue weighted by Gasteiger charge is -2.33. The lowest BCUT2D eigenvalue weighted by molar-refractivity contribution is -0.126. The van der Waals surface area contributed by atoms with Gasteiger partial charge in [-0.3, -0.25) is 4.79 Å². The van der Waals surface area contributed by atoms with E-state index in [0.29, 0.717) is 18.7 Å². The Balaban J connectivity index is 2.08. The number of carbonyl (C=O) groups excluding carboxylic acids is 1. The molecular formula is C11H11N3O. The zero-order chi connectivity index (χ0) is 10.7. The normalized spacial score (nSPS) is 17.3. The molecule has 1 N–H and O–H groups in total.